The smallest absolute Gasteiger partial charge is 0.0369 e. The molecule has 1 aromatic carbocycles. The second-order valence-electron chi connectivity index (χ2n) is 8.50. The molecule has 2 aliphatic heterocycles. The molecule has 0 unspecified atom stereocenters. The first kappa shape index (κ1) is 17.4. The van der Waals surface area contributed by atoms with Crippen LogP contribution in [0.1, 0.15) is 49.7 Å². The first-order chi connectivity index (χ1) is 12.2. The molecule has 0 atom stereocenters. The topological polar surface area (TPSA) is 9.72 Å². The van der Waals surface area contributed by atoms with E-state index in [2.05, 4.69) is 46.7 Å². The standard InChI is InChI=1S/C22H35N3/c1-3-23-10-12-24(13-11-23)17-19-15-20(16-19)22-7-6-21(14-18(22)2)25-8-4-5-9-25/h6-7,14,19-20H,3-5,8-13,15-17H2,1-2H3. The molecule has 3 nitrogen and oxygen atoms in total. The van der Waals surface area contributed by atoms with Gasteiger partial charge in [-0.2, -0.15) is 0 Å². The Hall–Kier alpha value is -1.06. The molecule has 2 heterocycles. The van der Waals surface area contributed by atoms with Crippen molar-refractivity contribution in [2.45, 2.75) is 45.4 Å². The van der Waals surface area contributed by atoms with Gasteiger partial charge in [-0.3, -0.25) is 0 Å². The molecule has 0 amide bonds. The fraction of sp³-hybridized carbons (Fsp3) is 0.727. The Morgan fingerprint density at radius 3 is 2.24 bits per heavy atom. The molecule has 3 aliphatic rings. The largest absolute Gasteiger partial charge is 0.372 e. The molecule has 3 heteroatoms. The molecular formula is C22H35N3. The highest BCUT2D eigenvalue weighted by atomic mass is 15.3. The fourth-order valence-electron chi connectivity index (χ4n) is 5.08. The number of rotatable bonds is 5. The van der Waals surface area contributed by atoms with Crippen molar-refractivity contribution in [3.8, 4) is 0 Å². The van der Waals surface area contributed by atoms with Gasteiger partial charge in [-0.15, -0.1) is 0 Å². The number of likely N-dealkylation sites (N-methyl/N-ethyl adjacent to an activating group) is 1. The number of nitrogens with zero attached hydrogens (tertiary/aromatic N) is 3. The molecule has 1 saturated carbocycles. The number of anilines is 1. The van der Waals surface area contributed by atoms with Gasteiger partial charge in [0.15, 0.2) is 0 Å². The number of hydrogen-bond donors (Lipinski definition) is 0. The van der Waals surface area contributed by atoms with Crippen molar-refractivity contribution in [2.24, 2.45) is 5.92 Å². The second-order valence-corrected chi connectivity index (χ2v) is 8.50. The van der Waals surface area contributed by atoms with E-state index in [9.17, 15) is 0 Å². The van der Waals surface area contributed by atoms with Crippen LogP contribution in [0.25, 0.3) is 0 Å². The van der Waals surface area contributed by atoms with E-state index in [1.165, 1.54) is 89.3 Å². The predicted octanol–water partition coefficient (Wildman–Crippen LogP) is 3.73. The van der Waals surface area contributed by atoms with Gasteiger partial charge in [0.2, 0.25) is 0 Å². The lowest BCUT2D eigenvalue weighted by Gasteiger charge is -2.42. The summed E-state index contributed by atoms with van der Waals surface area (Å²) in [6.07, 6.45) is 5.52. The van der Waals surface area contributed by atoms with Crippen LogP contribution in [0, 0.1) is 12.8 Å². The molecule has 0 spiro atoms. The fourth-order valence-corrected chi connectivity index (χ4v) is 5.08. The minimum Gasteiger partial charge on any atom is -0.372 e. The van der Waals surface area contributed by atoms with Crippen molar-refractivity contribution in [2.75, 3.05) is 57.3 Å². The highest BCUT2D eigenvalue weighted by molar-refractivity contribution is 5.52. The van der Waals surface area contributed by atoms with Crippen LogP contribution in [0.15, 0.2) is 18.2 Å². The van der Waals surface area contributed by atoms with E-state index in [0.717, 1.165) is 11.8 Å². The highest BCUT2D eigenvalue weighted by Gasteiger charge is 2.33. The van der Waals surface area contributed by atoms with E-state index >= 15 is 0 Å². The lowest BCUT2D eigenvalue weighted by molar-refractivity contribution is 0.0964. The molecule has 1 aromatic rings. The van der Waals surface area contributed by atoms with E-state index in [1.807, 2.05) is 0 Å². The maximum Gasteiger partial charge on any atom is 0.0369 e. The van der Waals surface area contributed by atoms with Crippen molar-refractivity contribution in [3.05, 3.63) is 29.3 Å². The van der Waals surface area contributed by atoms with Crippen molar-refractivity contribution < 1.29 is 0 Å². The molecule has 0 aromatic heterocycles. The zero-order chi connectivity index (χ0) is 17.2. The summed E-state index contributed by atoms with van der Waals surface area (Å²) in [7, 11) is 0. The van der Waals surface area contributed by atoms with Gasteiger partial charge >= 0.3 is 0 Å². The van der Waals surface area contributed by atoms with Crippen LogP contribution < -0.4 is 4.90 Å². The Kier molecular flexibility index (Phi) is 5.33. The van der Waals surface area contributed by atoms with Gasteiger partial charge in [-0.25, -0.2) is 0 Å². The summed E-state index contributed by atoms with van der Waals surface area (Å²) in [6, 6.07) is 7.26. The minimum absolute atomic E-state index is 0.814. The first-order valence-electron chi connectivity index (χ1n) is 10.5. The zero-order valence-electron chi connectivity index (χ0n) is 16.2. The maximum atomic E-state index is 2.70. The molecular weight excluding hydrogens is 306 g/mol. The molecule has 0 bridgehead atoms. The third kappa shape index (κ3) is 3.88. The van der Waals surface area contributed by atoms with E-state index in [0.29, 0.717) is 0 Å². The van der Waals surface area contributed by atoms with Gasteiger partial charge in [0, 0.05) is 51.5 Å². The quantitative estimate of drug-likeness (QED) is 0.808. The normalized spacial score (nSPS) is 28.3. The molecule has 25 heavy (non-hydrogen) atoms. The van der Waals surface area contributed by atoms with Crippen molar-refractivity contribution in [3.63, 3.8) is 0 Å². The van der Waals surface area contributed by atoms with Crippen LogP contribution in [0.5, 0.6) is 0 Å². The third-order valence-electron chi connectivity index (χ3n) is 6.83. The van der Waals surface area contributed by atoms with Gasteiger partial charge in [0.1, 0.15) is 0 Å². The van der Waals surface area contributed by atoms with Crippen LogP contribution in [0.4, 0.5) is 5.69 Å². The summed E-state index contributed by atoms with van der Waals surface area (Å²) in [6.45, 7) is 14.7. The summed E-state index contributed by atoms with van der Waals surface area (Å²) < 4.78 is 0. The maximum absolute atomic E-state index is 2.70. The lowest BCUT2D eigenvalue weighted by Crippen LogP contribution is -2.48. The monoisotopic (exact) mass is 341 g/mol. The molecule has 3 fully saturated rings. The van der Waals surface area contributed by atoms with Gasteiger partial charge in [0.25, 0.3) is 0 Å². The predicted molar refractivity (Wildman–Crippen MR) is 107 cm³/mol. The Balaban J connectivity index is 1.27. The first-order valence-corrected chi connectivity index (χ1v) is 10.5. The number of hydrogen-bond acceptors (Lipinski definition) is 3. The minimum atomic E-state index is 0.814. The average Bonchev–Trinajstić information content (AvgIpc) is 3.13. The number of benzene rings is 1. The van der Waals surface area contributed by atoms with E-state index in [1.54, 1.807) is 5.56 Å². The van der Waals surface area contributed by atoms with Crippen molar-refractivity contribution in [1.82, 2.24) is 9.80 Å². The zero-order valence-corrected chi connectivity index (χ0v) is 16.2. The Bertz CT molecular complexity index is 565. The van der Waals surface area contributed by atoms with Crippen LogP contribution in [-0.4, -0.2) is 62.2 Å². The summed E-state index contributed by atoms with van der Waals surface area (Å²) in [4.78, 5) is 7.83. The highest BCUT2D eigenvalue weighted by Crippen LogP contribution is 2.43. The lowest BCUT2D eigenvalue weighted by atomic mass is 9.70. The van der Waals surface area contributed by atoms with Crippen LogP contribution in [-0.2, 0) is 0 Å². The summed E-state index contributed by atoms with van der Waals surface area (Å²) in [5.74, 6) is 1.74. The Morgan fingerprint density at radius 1 is 0.920 bits per heavy atom. The average molecular weight is 342 g/mol. The van der Waals surface area contributed by atoms with E-state index in [-0.39, 0.29) is 0 Å². The summed E-state index contributed by atoms with van der Waals surface area (Å²) in [5, 5.41) is 0. The van der Waals surface area contributed by atoms with Crippen LogP contribution in [0.2, 0.25) is 0 Å². The SMILES string of the molecule is CCN1CCN(CC2CC(c3ccc(N4CCCC4)cc3C)C2)CC1. The van der Waals surface area contributed by atoms with Gasteiger partial charge in [0.05, 0.1) is 0 Å². The molecule has 0 radical (unpaired) electrons. The van der Waals surface area contributed by atoms with Crippen LogP contribution in [0.3, 0.4) is 0 Å². The molecule has 138 valence electrons. The molecule has 4 rings (SSSR count). The molecule has 1 aliphatic carbocycles. The van der Waals surface area contributed by atoms with Crippen LogP contribution >= 0.6 is 0 Å². The van der Waals surface area contributed by atoms with Gasteiger partial charge in [-0.05, 0) is 74.2 Å². The van der Waals surface area contributed by atoms with E-state index < -0.39 is 0 Å². The van der Waals surface area contributed by atoms with Gasteiger partial charge < -0.3 is 14.7 Å². The molecule has 0 N–H and O–H groups in total. The second kappa shape index (κ2) is 7.67. The van der Waals surface area contributed by atoms with Crippen molar-refractivity contribution >= 4 is 5.69 Å². The molecule has 2 saturated heterocycles. The summed E-state index contributed by atoms with van der Waals surface area (Å²) in [5.41, 5.74) is 4.59. The number of aryl methyl sites for hydroxylation is 1. The van der Waals surface area contributed by atoms with Crippen molar-refractivity contribution in [1.29, 1.82) is 0 Å². The Morgan fingerprint density at radius 2 is 1.60 bits per heavy atom. The Labute approximate surface area is 154 Å². The number of piperazine rings is 1. The van der Waals surface area contributed by atoms with Gasteiger partial charge in [-0.1, -0.05) is 13.0 Å². The third-order valence-corrected chi connectivity index (χ3v) is 6.83. The van der Waals surface area contributed by atoms with E-state index in [4.69, 9.17) is 0 Å². The summed E-state index contributed by atoms with van der Waals surface area (Å²) >= 11 is 0.